The molecule has 1 N–H and O–H groups in total. The molecule has 0 atom stereocenters. The molecule has 0 spiro atoms. The Hall–Kier alpha value is -0.620. The molecule has 0 saturated carbocycles. The summed E-state index contributed by atoms with van der Waals surface area (Å²) in [5, 5.41) is 2.44. The van der Waals surface area contributed by atoms with Crippen LogP contribution in [-0.2, 0) is 14.9 Å². The quantitative estimate of drug-likeness (QED) is 0.664. The van der Waals surface area contributed by atoms with E-state index in [0.717, 1.165) is 0 Å². The Morgan fingerprint density at radius 3 is 2.36 bits per heavy atom. The van der Waals surface area contributed by atoms with E-state index in [1.54, 1.807) is 6.92 Å². The number of rotatable bonds is 5. The molecule has 0 aromatic carbocycles. The van der Waals surface area contributed by atoms with Gasteiger partial charge in [0.05, 0.1) is 15.9 Å². The summed E-state index contributed by atoms with van der Waals surface area (Å²) in [4.78, 5) is 11.1. The maximum absolute atomic E-state index is 11.1. The molecule has 0 unspecified atom stereocenters. The Morgan fingerprint density at radius 1 is 1.50 bits per heavy atom. The Morgan fingerprint density at radius 2 is 2.00 bits per heavy atom. The van der Waals surface area contributed by atoms with E-state index in [-0.39, 0.29) is 5.91 Å². The largest absolute Gasteiger partial charge is 0.748 e. The van der Waals surface area contributed by atoms with Gasteiger partial charge in [-0.15, -0.1) is 0 Å². The van der Waals surface area contributed by atoms with Crippen LogP contribution in [0.2, 0.25) is 0 Å². The number of amides is 1. The molecule has 5 nitrogen and oxygen atoms in total. The van der Waals surface area contributed by atoms with Crippen molar-refractivity contribution in [3.05, 3.63) is 6.42 Å². The molecule has 0 aliphatic carbocycles. The highest BCUT2D eigenvalue weighted by Crippen LogP contribution is 2.06. The molecular weight excluding hydrogens is 206 g/mol. The van der Waals surface area contributed by atoms with E-state index in [0.29, 0.717) is 6.42 Å². The van der Waals surface area contributed by atoms with Crippen LogP contribution in [0.4, 0.5) is 0 Å². The fourth-order valence-corrected chi connectivity index (χ4v) is 2.00. The SMILES string of the molecule is CC[CH]C(=O)NC(C)(C)CS(=O)(=O)[O-]. The standard InChI is InChI=1S/C8H16NO4S/c1-4-5-7(10)9-8(2,3)6-14(11,12)13/h5H,4,6H2,1-3H3,(H,9,10)(H,11,12,13)/p-1. The van der Waals surface area contributed by atoms with Crippen LogP contribution >= 0.6 is 0 Å². The predicted octanol–water partition coefficient (Wildman–Crippen LogP) is 0.0407. The molecule has 83 valence electrons. The van der Waals surface area contributed by atoms with Gasteiger partial charge in [0.1, 0.15) is 0 Å². The first-order valence-electron chi connectivity index (χ1n) is 4.25. The zero-order chi connectivity index (χ0) is 11.4. The first kappa shape index (κ1) is 13.4. The highest BCUT2D eigenvalue weighted by Gasteiger charge is 2.22. The van der Waals surface area contributed by atoms with E-state index in [2.05, 4.69) is 5.32 Å². The van der Waals surface area contributed by atoms with E-state index >= 15 is 0 Å². The lowest BCUT2D eigenvalue weighted by Gasteiger charge is -2.27. The zero-order valence-corrected chi connectivity index (χ0v) is 9.35. The maximum Gasteiger partial charge on any atom is 0.224 e. The third-order valence-electron chi connectivity index (χ3n) is 1.39. The summed E-state index contributed by atoms with van der Waals surface area (Å²) in [7, 11) is -4.32. The second-order valence-corrected chi connectivity index (χ2v) is 5.09. The van der Waals surface area contributed by atoms with Crippen molar-refractivity contribution in [3.63, 3.8) is 0 Å². The number of hydrogen-bond donors (Lipinski definition) is 1. The zero-order valence-electron chi connectivity index (χ0n) is 8.53. The van der Waals surface area contributed by atoms with Crippen LogP contribution < -0.4 is 5.32 Å². The van der Waals surface area contributed by atoms with Crippen LogP contribution in [-0.4, -0.2) is 30.2 Å². The maximum atomic E-state index is 11.1. The van der Waals surface area contributed by atoms with Crippen LogP contribution in [0.25, 0.3) is 0 Å². The van der Waals surface area contributed by atoms with Crippen molar-refractivity contribution in [2.45, 2.75) is 32.7 Å². The molecule has 0 saturated heterocycles. The summed E-state index contributed by atoms with van der Waals surface area (Å²) in [6.45, 7) is 4.77. The summed E-state index contributed by atoms with van der Waals surface area (Å²) >= 11 is 0. The Bertz CT molecular complexity index is 294. The van der Waals surface area contributed by atoms with Gasteiger partial charge >= 0.3 is 0 Å². The molecule has 6 heteroatoms. The fourth-order valence-electron chi connectivity index (χ4n) is 1.05. The second kappa shape index (κ2) is 4.75. The van der Waals surface area contributed by atoms with Crippen molar-refractivity contribution in [3.8, 4) is 0 Å². The van der Waals surface area contributed by atoms with Gasteiger partial charge in [-0.2, -0.15) is 0 Å². The third-order valence-corrected chi connectivity index (χ3v) is 2.46. The first-order valence-corrected chi connectivity index (χ1v) is 5.83. The van der Waals surface area contributed by atoms with Gasteiger partial charge in [0.15, 0.2) is 0 Å². The normalized spacial score (nSPS) is 12.6. The predicted molar refractivity (Wildman–Crippen MR) is 51.4 cm³/mol. The number of hydrogen-bond acceptors (Lipinski definition) is 4. The number of nitrogens with one attached hydrogen (secondary N) is 1. The van der Waals surface area contributed by atoms with Gasteiger partial charge < -0.3 is 9.87 Å². The van der Waals surface area contributed by atoms with E-state index in [4.69, 9.17) is 0 Å². The lowest BCUT2D eigenvalue weighted by atomic mass is 10.1. The van der Waals surface area contributed by atoms with Gasteiger partial charge in [-0.1, -0.05) is 6.92 Å². The van der Waals surface area contributed by atoms with Crippen molar-refractivity contribution in [1.82, 2.24) is 5.32 Å². The Kier molecular flexibility index (Phi) is 4.54. The molecule has 0 fully saturated rings. The highest BCUT2D eigenvalue weighted by atomic mass is 32.2. The van der Waals surface area contributed by atoms with Crippen molar-refractivity contribution >= 4 is 16.0 Å². The van der Waals surface area contributed by atoms with Gasteiger partial charge in [-0.05, 0) is 20.3 Å². The molecule has 0 aromatic heterocycles. The first-order chi connectivity index (χ1) is 6.16. The summed E-state index contributed by atoms with van der Waals surface area (Å²) in [5.74, 6) is -0.968. The van der Waals surface area contributed by atoms with Crippen molar-refractivity contribution in [2.75, 3.05) is 5.75 Å². The van der Waals surface area contributed by atoms with Gasteiger partial charge in [0.2, 0.25) is 5.91 Å². The number of carbonyl (C=O) groups is 1. The van der Waals surface area contributed by atoms with Crippen LogP contribution in [0.5, 0.6) is 0 Å². The Labute approximate surface area is 84.6 Å². The van der Waals surface area contributed by atoms with Crippen LogP contribution in [0, 0.1) is 6.42 Å². The summed E-state index contributed by atoms with van der Waals surface area (Å²) < 4.78 is 31.4. The second-order valence-electron chi connectivity index (χ2n) is 3.69. The molecule has 1 radical (unpaired) electrons. The summed E-state index contributed by atoms with van der Waals surface area (Å²) in [5.41, 5.74) is -1.02. The van der Waals surface area contributed by atoms with Crippen molar-refractivity contribution < 1.29 is 17.8 Å². The lowest BCUT2D eigenvalue weighted by molar-refractivity contribution is -0.119. The van der Waals surface area contributed by atoms with Gasteiger partial charge in [-0.25, -0.2) is 8.42 Å². The molecule has 0 heterocycles. The van der Waals surface area contributed by atoms with Crippen molar-refractivity contribution in [1.29, 1.82) is 0 Å². The van der Waals surface area contributed by atoms with Crippen LogP contribution in [0.3, 0.4) is 0 Å². The monoisotopic (exact) mass is 221 g/mol. The molecule has 1 amide bonds. The minimum atomic E-state index is -4.32. The Balaban J connectivity index is 4.27. The molecule has 0 aliphatic rings. The van der Waals surface area contributed by atoms with Gasteiger partial charge in [0, 0.05) is 12.0 Å². The topological polar surface area (TPSA) is 86.3 Å². The molecule has 0 bridgehead atoms. The smallest absolute Gasteiger partial charge is 0.224 e. The van der Waals surface area contributed by atoms with E-state index in [1.165, 1.54) is 20.3 Å². The van der Waals surface area contributed by atoms with Crippen molar-refractivity contribution in [2.24, 2.45) is 0 Å². The fraction of sp³-hybridized carbons (Fsp3) is 0.750. The van der Waals surface area contributed by atoms with Gasteiger partial charge in [-0.3, -0.25) is 4.79 Å². The molecule has 14 heavy (non-hydrogen) atoms. The highest BCUT2D eigenvalue weighted by molar-refractivity contribution is 7.85. The molecule has 0 rings (SSSR count). The average molecular weight is 221 g/mol. The lowest BCUT2D eigenvalue weighted by Crippen LogP contribution is -2.48. The summed E-state index contributed by atoms with van der Waals surface area (Å²) in [6.07, 6.45) is 1.95. The minimum Gasteiger partial charge on any atom is -0.748 e. The van der Waals surface area contributed by atoms with E-state index in [1.807, 2.05) is 0 Å². The van der Waals surface area contributed by atoms with Gasteiger partial charge in [0.25, 0.3) is 0 Å². The van der Waals surface area contributed by atoms with Crippen LogP contribution in [0.1, 0.15) is 27.2 Å². The minimum absolute atomic E-state index is 0.360. The molecule has 0 aromatic rings. The van der Waals surface area contributed by atoms with Crippen LogP contribution in [0.15, 0.2) is 0 Å². The average Bonchev–Trinajstić information content (AvgIpc) is 1.78. The van der Waals surface area contributed by atoms with E-state index < -0.39 is 21.4 Å². The molecular formula is C8H15NO4S-. The summed E-state index contributed by atoms with van der Waals surface area (Å²) in [6, 6.07) is 0. The third kappa shape index (κ3) is 6.85. The molecule has 0 aliphatic heterocycles. The van der Waals surface area contributed by atoms with E-state index in [9.17, 15) is 17.8 Å². The number of carbonyl (C=O) groups excluding carboxylic acids is 1.